The van der Waals surface area contributed by atoms with Crippen molar-refractivity contribution in [2.45, 2.75) is 52.1 Å². The molecular formula is C25H32ClN7O2. The molecule has 0 amide bonds. The molecule has 3 aromatic rings. The number of aromatic nitrogens is 4. The first kappa shape index (κ1) is 23.8. The third-order valence-electron chi connectivity index (χ3n) is 7.22. The molecule has 1 aliphatic heterocycles. The Morgan fingerprint density at radius 1 is 1.20 bits per heavy atom. The Bertz CT molecular complexity index is 1240. The summed E-state index contributed by atoms with van der Waals surface area (Å²) in [7, 11) is 0. The molecule has 0 bridgehead atoms. The summed E-state index contributed by atoms with van der Waals surface area (Å²) in [6, 6.07) is 7.73. The minimum atomic E-state index is -0.160. The number of oxime groups is 1. The van der Waals surface area contributed by atoms with Crippen LogP contribution in [0.4, 0.5) is 5.95 Å². The van der Waals surface area contributed by atoms with E-state index in [4.69, 9.17) is 32.0 Å². The number of imidazole rings is 1. The molecule has 9 nitrogen and oxygen atoms in total. The highest BCUT2D eigenvalue weighted by atomic mass is 35.5. The standard InChI is InChI=1S/C25H32ClN7O2/c1-15-6-8-17(9-7-15)13-33-21-20(18-4-3-5-19(26)12-18)28-24(22(27)31-34)29-23(21)30-25(33)32-10-11-35-14-16(32)2/h3-5,12,15-17,34H,6-11,13-14H2,1-2H3,(H2,27,31)/t15-,16-,17-/m1/s1. The van der Waals surface area contributed by atoms with E-state index in [1.165, 1.54) is 25.7 Å². The zero-order valence-corrected chi connectivity index (χ0v) is 20.9. The molecule has 2 aliphatic rings. The van der Waals surface area contributed by atoms with Crippen molar-refractivity contribution in [3.8, 4) is 11.3 Å². The molecule has 3 N–H and O–H groups in total. The fourth-order valence-electron chi connectivity index (χ4n) is 5.21. The lowest BCUT2D eigenvalue weighted by molar-refractivity contribution is 0.0976. The van der Waals surface area contributed by atoms with Gasteiger partial charge in [-0.2, -0.15) is 4.98 Å². The number of ether oxygens (including phenoxy) is 1. The average Bonchev–Trinajstić information content (AvgIpc) is 3.22. The van der Waals surface area contributed by atoms with Crippen LogP contribution < -0.4 is 10.6 Å². The van der Waals surface area contributed by atoms with E-state index >= 15 is 0 Å². The first-order valence-corrected chi connectivity index (χ1v) is 12.7. The zero-order valence-electron chi connectivity index (χ0n) is 20.2. The second-order valence-corrected chi connectivity index (χ2v) is 10.3. The zero-order chi connectivity index (χ0) is 24.5. The number of nitrogens with two attached hydrogens (primary N) is 1. The third-order valence-corrected chi connectivity index (χ3v) is 7.45. The highest BCUT2D eigenvalue weighted by Crippen LogP contribution is 2.36. The van der Waals surface area contributed by atoms with Crippen LogP contribution in [0.1, 0.15) is 45.4 Å². The van der Waals surface area contributed by atoms with E-state index in [9.17, 15) is 5.21 Å². The molecule has 3 heterocycles. The predicted molar refractivity (Wildman–Crippen MR) is 137 cm³/mol. The number of nitrogens with zero attached hydrogens (tertiary/aromatic N) is 6. The normalized spacial score (nSPS) is 23.7. The summed E-state index contributed by atoms with van der Waals surface area (Å²) in [6.07, 6.45) is 4.86. The molecule has 1 atom stereocenters. The number of hydrogen-bond donors (Lipinski definition) is 2. The van der Waals surface area contributed by atoms with Gasteiger partial charge < -0.3 is 25.1 Å². The summed E-state index contributed by atoms with van der Waals surface area (Å²) in [6.45, 7) is 7.37. The van der Waals surface area contributed by atoms with Crippen molar-refractivity contribution in [1.29, 1.82) is 0 Å². The molecule has 1 aliphatic carbocycles. The van der Waals surface area contributed by atoms with Gasteiger partial charge in [0.1, 0.15) is 11.2 Å². The van der Waals surface area contributed by atoms with Gasteiger partial charge in [-0.3, -0.25) is 0 Å². The van der Waals surface area contributed by atoms with Gasteiger partial charge in [0.25, 0.3) is 0 Å². The van der Waals surface area contributed by atoms with Crippen molar-refractivity contribution >= 4 is 34.5 Å². The predicted octanol–water partition coefficient (Wildman–Crippen LogP) is 4.29. The van der Waals surface area contributed by atoms with Gasteiger partial charge in [-0.15, -0.1) is 0 Å². The molecule has 2 aromatic heterocycles. The molecule has 0 radical (unpaired) electrons. The van der Waals surface area contributed by atoms with Crippen LogP contribution in [0, 0.1) is 11.8 Å². The fraction of sp³-hybridized carbons (Fsp3) is 0.520. The van der Waals surface area contributed by atoms with Crippen molar-refractivity contribution in [2.24, 2.45) is 22.7 Å². The van der Waals surface area contributed by atoms with E-state index in [0.29, 0.717) is 35.5 Å². The third kappa shape index (κ3) is 4.79. The lowest BCUT2D eigenvalue weighted by Crippen LogP contribution is -2.45. The van der Waals surface area contributed by atoms with Gasteiger partial charge >= 0.3 is 0 Å². The van der Waals surface area contributed by atoms with E-state index < -0.39 is 0 Å². The molecule has 10 heteroatoms. The smallest absolute Gasteiger partial charge is 0.208 e. The van der Waals surface area contributed by atoms with E-state index in [-0.39, 0.29) is 17.7 Å². The maximum atomic E-state index is 9.32. The maximum absolute atomic E-state index is 9.32. The Morgan fingerprint density at radius 2 is 2.00 bits per heavy atom. The first-order valence-electron chi connectivity index (χ1n) is 12.3. The maximum Gasteiger partial charge on any atom is 0.208 e. The lowest BCUT2D eigenvalue weighted by Gasteiger charge is -2.35. The van der Waals surface area contributed by atoms with Gasteiger partial charge in [0.05, 0.1) is 19.3 Å². The summed E-state index contributed by atoms with van der Waals surface area (Å²) in [5.74, 6) is 2.16. The Labute approximate surface area is 210 Å². The molecular weight excluding hydrogens is 466 g/mol. The first-order chi connectivity index (χ1) is 16.9. The second-order valence-electron chi connectivity index (χ2n) is 9.83. The summed E-state index contributed by atoms with van der Waals surface area (Å²) in [5, 5.41) is 13.1. The Hall–Kier alpha value is -2.91. The van der Waals surface area contributed by atoms with Crippen LogP contribution in [0.5, 0.6) is 0 Å². The second kappa shape index (κ2) is 9.99. The van der Waals surface area contributed by atoms with E-state index in [0.717, 1.165) is 36.0 Å². The number of fused-ring (bicyclic) bond motifs is 1. The van der Waals surface area contributed by atoms with Gasteiger partial charge in [0.15, 0.2) is 5.65 Å². The highest BCUT2D eigenvalue weighted by molar-refractivity contribution is 6.30. The SMILES string of the molecule is C[C@@H]1COCCN1c1nc2nc(/C(N)=N/O)nc(-c3cccc(Cl)c3)c2n1C[C@H]1CC[C@H](C)CC1. The van der Waals surface area contributed by atoms with Gasteiger partial charge in [-0.25, -0.2) is 9.97 Å². The van der Waals surface area contributed by atoms with Crippen molar-refractivity contribution in [3.05, 3.63) is 35.1 Å². The molecule has 5 rings (SSSR count). The largest absolute Gasteiger partial charge is 0.409 e. The summed E-state index contributed by atoms with van der Waals surface area (Å²) in [4.78, 5) is 16.7. The van der Waals surface area contributed by atoms with E-state index in [1.807, 2.05) is 24.3 Å². The van der Waals surface area contributed by atoms with Crippen LogP contribution in [-0.4, -0.2) is 56.4 Å². The average molecular weight is 498 g/mol. The van der Waals surface area contributed by atoms with Crippen LogP contribution in [0.15, 0.2) is 29.4 Å². The molecule has 0 unspecified atom stereocenters. The Kier molecular flexibility index (Phi) is 6.80. The van der Waals surface area contributed by atoms with E-state index in [1.54, 1.807) is 0 Å². The Morgan fingerprint density at radius 3 is 2.71 bits per heavy atom. The number of amidine groups is 1. The van der Waals surface area contributed by atoms with Crippen LogP contribution in [0.2, 0.25) is 5.02 Å². The van der Waals surface area contributed by atoms with Gasteiger partial charge in [0.2, 0.25) is 17.6 Å². The highest BCUT2D eigenvalue weighted by Gasteiger charge is 2.30. The van der Waals surface area contributed by atoms with Gasteiger partial charge in [0, 0.05) is 23.7 Å². The monoisotopic (exact) mass is 497 g/mol. The number of anilines is 1. The van der Waals surface area contributed by atoms with Crippen LogP contribution in [-0.2, 0) is 11.3 Å². The molecule has 0 spiro atoms. The van der Waals surface area contributed by atoms with Crippen molar-refractivity contribution in [2.75, 3.05) is 24.7 Å². The fourth-order valence-corrected chi connectivity index (χ4v) is 5.40. The molecule has 35 heavy (non-hydrogen) atoms. The van der Waals surface area contributed by atoms with Crippen LogP contribution in [0.3, 0.4) is 0 Å². The van der Waals surface area contributed by atoms with E-state index in [2.05, 4.69) is 33.5 Å². The minimum absolute atomic E-state index is 0.132. The summed E-state index contributed by atoms with van der Waals surface area (Å²) >= 11 is 6.35. The van der Waals surface area contributed by atoms with Crippen molar-refractivity contribution in [1.82, 2.24) is 19.5 Å². The number of hydrogen-bond acceptors (Lipinski definition) is 7. The molecule has 1 aromatic carbocycles. The Balaban J connectivity index is 1.73. The minimum Gasteiger partial charge on any atom is -0.409 e. The molecule has 1 saturated carbocycles. The molecule has 2 fully saturated rings. The van der Waals surface area contributed by atoms with Crippen molar-refractivity contribution in [3.63, 3.8) is 0 Å². The lowest BCUT2D eigenvalue weighted by atomic mass is 9.83. The number of morpholine rings is 1. The molecule has 186 valence electrons. The van der Waals surface area contributed by atoms with Crippen LogP contribution >= 0.6 is 11.6 Å². The topological polar surface area (TPSA) is 115 Å². The van der Waals surface area contributed by atoms with Crippen molar-refractivity contribution < 1.29 is 9.94 Å². The van der Waals surface area contributed by atoms with Gasteiger partial charge in [-0.05, 0) is 43.7 Å². The molecule has 1 saturated heterocycles. The quantitative estimate of drug-likeness (QED) is 0.234. The summed E-state index contributed by atoms with van der Waals surface area (Å²) in [5.41, 5.74) is 8.79. The van der Waals surface area contributed by atoms with Gasteiger partial charge in [-0.1, -0.05) is 48.7 Å². The summed E-state index contributed by atoms with van der Waals surface area (Å²) < 4.78 is 7.98. The van der Waals surface area contributed by atoms with Crippen LogP contribution in [0.25, 0.3) is 22.4 Å². The number of benzene rings is 1. The number of halogens is 1. The number of rotatable bonds is 5.